The number of benzene rings is 1. The second kappa shape index (κ2) is 5.78. The quantitative estimate of drug-likeness (QED) is 0.738. The van der Waals surface area contributed by atoms with E-state index in [2.05, 4.69) is 26.7 Å². The van der Waals surface area contributed by atoms with Crippen LogP contribution in [0.5, 0.6) is 0 Å². The summed E-state index contributed by atoms with van der Waals surface area (Å²) in [5.41, 5.74) is 3.14. The van der Waals surface area contributed by atoms with Crippen molar-refractivity contribution in [2.24, 2.45) is 7.05 Å². The Labute approximate surface area is 122 Å². The summed E-state index contributed by atoms with van der Waals surface area (Å²) in [5, 5.41) is 15.0. The van der Waals surface area contributed by atoms with Crippen LogP contribution in [0.1, 0.15) is 11.1 Å². The summed E-state index contributed by atoms with van der Waals surface area (Å²) >= 11 is 0. The van der Waals surface area contributed by atoms with Crippen LogP contribution in [0.2, 0.25) is 0 Å². The first-order valence-electron chi connectivity index (χ1n) is 6.87. The highest BCUT2D eigenvalue weighted by Crippen LogP contribution is 2.12. The molecule has 2 heterocycles. The third-order valence-electron chi connectivity index (χ3n) is 3.36. The van der Waals surface area contributed by atoms with E-state index in [9.17, 15) is 4.79 Å². The molecule has 3 aromatic rings. The first kappa shape index (κ1) is 13.4. The molecule has 0 spiro atoms. The second-order valence-corrected chi connectivity index (χ2v) is 5.09. The van der Waals surface area contributed by atoms with Gasteiger partial charge in [0.1, 0.15) is 0 Å². The number of amides is 1. The predicted molar refractivity (Wildman–Crippen MR) is 79.7 cm³/mol. The van der Waals surface area contributed by atoms with Crippen molar-refractivity contribution in [2.45, 2.75) is 12.8 Å². The van der Waals surface area contributed by atoms with Crippen LogP contribution in [-0.2, 0) is 24.7 Å². The van der Waals surface area contributed by atoms with Crippen molar-refractivity contribution < 1.29 is 4.79 Å². The summed E-state index contributed by atoms with van der Waals surface area (Å²) < 4.78 is 1.70. The van der Waals surface area contributed by atoms with Gasteiger partial charge in [-0.05, 0) is 29.7 Å². The number of fused-ring (bicyclic) bond motifs is 1. The normalized spacial score (nSPS) is 10.9. The Morgan fingerprint density at radius 2 is 2.24 bits per heavy atom. The fourth-order valence-corrected chi connectivity index (χ4v) is 2.30. The molecular formula is C15H17N5O. The van der Waals surface area contributed by atoms with E-state index in [1.165, 1.54) is 5.56 Å². The molecule has 0 saturated carbocycles. The summed E-state index contributed by atoms with van der Waals surface area (Å²) in [7, 11) is 1.84. The largest absolute Gasteiger partial charge is 0.355 e. The minimum atomic E-state index is 0.0207. The molecule has 6 heteroatoms. The van der Waals surface area contributed by atoms with Crippen LogP contribution < -0.4 is 5.32 Å². The molecule has 108 valence electrons. The van der Waals surface area contributed by atoms with Gasteiger partial charge < -0.3 is 5.32 Å². The molecule has 2 aromatic heterocycles. The maximum Gasteiger partial charge on any atom is 0.224 e. The number of nitrogens with one attached hydrogen (secondary N) is 2. The topological polar surface area (TPSA) is 75.6 Å². The number of nitrogens with zero attached hydrogens (tertiary/aromatic N) is 3. The average Bonchev–Trinajstić information content (AvgIpc) is 3.07. The minimum absolute atomic E-state index is 0.0207. The highest BCUT2D eigenvalue weighted by molar-refractivity contribution is 5.79. The smallest absolute Gasteiger partial charge is 0.224 e. The number of rotatable bonds is 5. The summed E-state index contributed by atoms with van der Waals surface area (Å²) in [6.07, 6.45) is 6.55. The third-order valence-corrected chi connectivity index (χ3v) is 3.36. The Balaban J connectivity index is 1.49. The van der Waals surface area contributed by atoms with E-state index >= 15 is 0 Å². The molecule has 0 unspecified atom stereocenters. The number of hydrogen-bond acceptors (Lipinski definition) is 3. The summed E-state index contributed by atoms with van der Waals surface area (Å²) in [6.45, 7) is 0.627. The Morgan fingerprint density at radius 1 is 1.33 bits per heavy atom. The molecule has 0 saturated heterocycles. The first-order chi connectivity index (χ1) is 10.2. The molecule has 0 aliphatic heterocycles. The summed E-state index contributed by atoms with van der Waals surface area (Å²) in [4.78, 5) is 11.8. The maximum atomic E-state index is 11.8. The zero-order valence-electron chi connectivity index (χ0n) is 11.8. The molecule has 3 rings (SSSR count). The van der Waals surface area contributed by atoms with Gasteiger partial charge >= 0.3 is 0 Å². The van der Waals surface area contributed by atoms with Gasteiger partial charge in [0.15, 0.2) is 0 Å². The fraction of sp³-hybridized carbons (Fsp3) is 0.267. The summed E-state index contributed by atoms with van der Waals surface area (Å²) in [5.74, 6) is 0.0207. The number of carbonyl (C=O) groups is 1. The zero-order valence-corrected chi connectivity index (χ0v) is 11.8. The molecule has 0 aliphatic carbocycles. The molecule has 0 fully saturated rings. The van der Waals surface area contributed by atoms with Crippen molar-refractivity contribution in [1.82, 2.24) is 25.3 Å². The van der Waals surface area contributed by atoms with Gasteiger partial charge in [-0.2, -0.15) is 10.2 Å². The number of aromatic amines is 1. The SMILES string of the molecule is Cn1cc(CC(=O)NCCc2ccc3[nH]ncc3c2)cn1. The molecule has 21 heavy (non-hydrogen) atoms. The Morgan fingerprint density at radius 3 is 3.05 bits per heavy atom. The van der Waals surface area contributed by atoms with Crippen LogP contribution in [-0.4, -0.2) is 32.4 Å². The van der Waals surface area contributed by atoms with Crippen LogP contribution in [0.15, 0.2) is 36.8 Å². The third kappa shape index (κ3) is 3.28. The van der Waals surface area contributed by atoms with Crippen LogP contribution in [0, 0.1) is 0 Å². The lowest BCUT2D eigenvalue weighted by Crippen LogP contribution is -2.27. The van der Waals surface area contributed by atoms with Gasteiger partial charge in [0.05, 0.1) is 24.3 Å². The van der Waals surface area contributed by atoms with E-state index in [1.54, 1.807) is 17.1 Å². The molecule has 0 aliphatic rings. The molecule has 1 aromatic carbocycles. The van der Waals surface area contributed by atoms with Crippen LogP contribution >= 0.6 is 0 Å². The molecule has 0 radical (unpaired) electrons. The van der Waals surface area contributed by atoms with E-state index in [-0.39, 0.29) is 5.91 Å². The van der Waals surface area contributed by atoms with Crippen molar-refractivity contribution in [1.29, 1.82) is 0 Å². The highest BCUT2D eigenvalue weighted by Gasteiger charge is 2.05. The van der Waals surface area contributed by atoms with Gasteiger partial charge in [0.25, 0.3) is 0 Å². The van der Waals surface area contributed by atoms with E-state index in [1.807, 2.05) is 25.4 Å². The number of aryl methyl sites for hydroxylation is 1. The van der Waals surface area contributed by atoms with Crippen LogP contribution in [0.25, 0.3) is 10.9 Å². The average molecular weight is 283 g/mol. The summed E-state index contributed by atoms with van der Waals surface area (Å²) in [6, 6.07) is 6.15. The monoisotopic (exact) mass is 283 g/mol. The van der Waals surface area contributed by atoms with Crippen molar-refractivity contribution in [3.05, 3.63) is 47.9 Å². The molecule has 0 atom stereocenters. The molecule has 0 bridgehead atoms. The molecule has 1 amide bonds. The van der Waals surface area contributed by atoms with Crippen LogP contribution in [0.3, 0.4) is 0 Å². The van der Waals surface area contributed by atoms with Crippen LogP contribution in [0.4, 0.5) is 0 Å². The van der Waals surface area contributed by atoms with Gasteiger partial charge in [-0.25, -0.2) is 0 Å². The van der Waals surface area contributed by atoms with Crippen molar-refractivity contribution in [3.8, 4) is 0 Å². The van der Waals surface area contributed by atoms with Gasteiger partial charge in [-0.1, -0.05) is 6.07 Å². The lowest BCUT2D eigenvalue weighted by atomic mass is 10.1. The lowest BCUT2D eigenvalue weighted by Gasteiger charge is -2.04. The Bertz CT molecular complexity index is 758. The second-order valence-electron chi connectivity index (χ2n) is 5.09. The first-order valence-corrected chi connectivity index (χ1v) is 6.87. The van der Waals surface area contributed by atoms with Gasteiger partial charge in [0.2, 0.25) is 5.91 Å². The van der Waals surface area contributed by atoms with Gasteiger partial charge in [-0.3, -0.25) is 14.6 Å². The zero-order chi connectivity index (χ0) is 14.7. The van der Waals surface area contributed by atoms with E-state index in [0.29, 0.717) is 13.0 Å². The van der Waals surface area contributed by atoms with Gasteiger partial charge in [-0.15, -0.1) is 0 Å². The Hall–Kier alpha value is -2.63. The highest BCUT2D eigenvalue weighted by atomic mass is 16.1. The van der Waals surface area contributed by atoms with E-state index < -0.39 is 0 Å². The van der Waals surface area contributed by atoms with E-state index in [0.717, 1.165) is 22.9 Å². The van der Waals surface area contributed by atoms with Crippen molar-refractivity contribution in [2.75, 3.05) is 6.54 Å². The van der Waals surface area contributed by atoms with E-state index in [4.69, 9.17) is 0 Å². The fourth-order valence-electron chi connectivity index (χ4n) is 2.30. The van der Waals surface area contributed by atoms with Crippen molar-refractivity contribution >= 4 is 16.8 Å². The van der Waals surface area contributed by atoms with Gasteiger partial charge in [0, 0.05) is 25.2 Å². The number of H-pyrrole nitrogens is 1. The minimum Gasteiger partial charge on any atom is -0.355 e. The molecule has 6 nitrogen and oxygen atoms in total. The number of hydrogen-bond donors (Lipinski definition) is 2. The lowest BCUT2D eigenvalue weighted by molar-refractivity contribution is -0.120. The number of carbonyl (C=O) groups excluding carboxylic acids is 1. The number of aromatic nitrogens is 4. The predicted octanol–water partition coefficient (Wildman–Crippen LogP) is 1.20. The molecular weight excluding hydrogens is 266 g/mol. The maximum absolute atomic E-state index is 11.8. The standard InChI is InChI=1S/C15H17N5O/c1-20-10-12(8-18-20)7-15(21)16-5-4-11-2-3-14-13(6-11)9-17-19-14/h2-3,6,8-10H,4-5,7H2,1H3,(H,16,21)(H,17,19). The molecule has 2 N–H and O–H groups in total. The van der Waals surface area contributed by atoms with Crippen molar-refractivity contribution in [3.63, 3.8) is 0 Å². The Kier molecular flexibility index (Phi) is 3.68.